The zero-order valence-electron chi connectivity index (χ0n) is 15.4. The summed E-state index contributed by atoms with van der Waals surface area (Å²) in [6.07, 6.45) is 2.83. The molecule has 138 valence electrons. The molecule has 1 unspecified atom stereocenters. The van der Waals surface area contributed by atoms with Gasteiger partial charge in [-0.25, -0.2) is 4.98 Å². The normalized spacial score (nSPS) is 15.3. The van der Waals surface area contributed by atoms with E-state index in [1.54, 1.807) is 17.5 Å². The summed E-state index contributed by atoms with van der Waals surface area (Å²) in [7, 11) is 0. The summed E-state index contributed by atoms with van der Waals surface area (Å²) >= 11 is 1.56. The molecule has 27 heavy (non-hydrogen) atoms. The number of thiazole rings is 1. The molecule has 1 aromatic carbocycles. The number of para-hydroxylation sites is 1. The van der Waals surface area contributed by atoms with Crippen LogP contribution < -0.4 is 10.1 Å². The van der Waals surface area contributed by atoms with E-state index in [1.807, 2.05) is 30.5 Å². The van der Waals surface area contributed by atoms with Crippen LogP contribution in [0.1, 0.15) is 21.8 Å². The number of aryl methyl sites for hydroxylation is 2. The molecule has 1 N–H and O–H groups in total. The van der Waals surface area contributed by atoms with Gasteiger partial charge in [-0.3, -0.25) is 9.78 Å². The Bertz CT molecular complexity index is 983. The summed E-state index contributed by atoms with van der Waals surface area (Å²) in [6, 6.07) is 10.1. The molecule has 4 rings (SSSR count). The van der Waals surface area contributed by atoms with Crippen molar-refractivity contribution < 1.29 is 9.53 Å². The topological polar surface area (TPSA) is 64.1 Å². The Morgan fingerprint density at radius 2 is 2.19 bits per heavy atom. The minimum atomic E-state index is -0.0636. The lowest BCUT2D eigenvalue weighted by Gasteiger charge is -2.14. The average Bonchev–Trinajstić information content (AvgIpc) is 3.26. The first-order valence-corrected chi connectivity index (χ1v) is 9.86. The van der Waals surface area contributed by atoms with Crippen LogP contribution in [0.25, 0.3) is 11.3 Å². The van der Waals surface area contributed by atoms with Crippen molar-refractivity contribution in [1.82, 2.24) is 15.3 Å². The number of hydrogen-bond acceptors (Lipinski definition) is 5. The second-order valence-electron chi connectivity index (χ2n) is 6.75. The maximum Gasteiger partial charge on any atom is 0.226 e. The van der Waals surface area contributed by atoms with Gasteiger partial charge in [0.25, 0.3) is 0 Å². The van der Waals surface area contributed by atoms with Gasteiger partial charge in [0, 0.05) is 23.6 Å². The van der Waals surface area contributed by atoms with Gasteiger partial charge in [-0.2, -0.15) is 0 Å². The standard InChI is InChI=1S/C21H21N3O2S/c1-13-5-4-8-22-20(13)18-7-3-6-15-9-17(26-21(15)18)11-23-19(25)10-16-12-27-14(2)24-16/h3-8,12,17H,9-11H2,1-2H3,(H,23,25). The maximum absolute atomic E-state index is 12.2. The van der Waals surface area contributed by atoms with E-state index in [2.05, 4.69) is 34.3 Å². The largest absolute Gasteiger partial charge is 0.487 e. The lowest BCUT2D eigenvalue weighted by Crippen LogP contribution is -2.35. The molecule has 1 aliphatic rings. The first-order chi connectivity index (χ1) is 13.1. The minimum Gasteiger partial charge on any atom is -0.487 e. The smallest absolute Gasteiger partial charge is 0.226 e. The van der Waals surface area contributed by atoms with Crippen LogP contribution in [-0.2, 0) is 17.6 Å². The summed E-state index contributed by atoms with van der Waals surface area (Å²) in [4.78, 5) is 21.0. The molecule has 3 aromatic rings. The molecule has 0 bridgehead atoms. The fraction of sp³-hybridized carbons (Fsp3) is 0.286. The van der Waals surface area contributed by atoms with E-state index in [0.29, 0.717) is 13.0 Å². The zero-order valence-corrected chi connectivity index (χ0v) is 16.2. The van der Waals surface area contributed by atoms with E-state index < -0.39 is 0 Å². The number of nitrogens with zero attached hydrogens (tertiary/aromatic N) is 2. The Balaban J connectivity index is 1.42. The number of carbonyl (C=O) groups excluding carboxylic acids is 1. The summed E-state index contributed by atoms with van der Waals surface area (Å²) in [5, 5.41) is 5.88. The van der Waals surface area contributed by atoms with Gasteiger partial charge in [0.15, 0.2) is 0 Å². The van der Waals surface area contributed by atoms with Crippen molar-refractivity contribution in [3.63, 3.8) is 0 Å². The third kappa shape index (κ3) is 3.85. The first kappa shape index (κ1) is 17.7. The van der Waals surface area contributed by atoms with E-state index in [9.17, 15) is 4.79 Å². The Morgan fingerprint density at radius 1 is 1.30 bits per heavy atom. The molecule has 3 heterocycles. The van der Waals surface area contributed by atoms with Gasteiger partial charge in [0.1, 0.15) is 11.9 Å². The third-order valence-corrected chi connectivity index (χ3v) is 5.45. The second kappa shape index (κ2) is 7.48. The Labute approximate surface area is 162 Å². The molecule has 2 aromatic heterocycles. The molecular weight excluding hydrogens is 358 g/mol. The van der Waals surface area contributed by atoms with Crippen LogP contribution in [0.15, 0.2) is 41.9 Å². The summed E-state index contributed by atoms with van der Waals surface area (Å²) in [6.45, 7) is 4.47. The Morgan fingerprint density at radius 3 is 2.96 bits per heavy atom. The molecule has 0 aliphatic carbocycles. The number of amides is 1. The highest BCUT2D eigenvalue weighted by atomic mass is 32.1. The Kier molecular flexibility index (Phi) is 4.90. The predicted octanol–water partition coefficient (Wildman–Crippen LogP) is 3.48. The first-order valence-electron chi connectivity index (χ1n) is 8.98. The lowest BCUT2D eigenvalue weighted by atomic mass is 10.0. The number of nitrogens with one attached hydrogen (secondary N) is 1. The second-order valence-corrected chi connectivity index (χ2v) is 7.81. The minimum absolute atomic E-state index is 0.0272. The van der Waals surface area contributed by atoms with Crippen molar-refractivity contribution in [2.45, 2.75) is 32.8 Å². The number of ether oxygens (including phenoxy) is 1. The van der Waals surface area contributed by atoms with E-state index in [4.69, 9.17) is 4.74 Å². The Hall–Kier alpha value is -2.73. The lowest BCUT2D eigenvalue weighted by molar-refractivity contribution is -0.120. The van der Waals surface area contributed by atoms with Crippen LogP contribution in [-0.4, -0.2) is 28.5 Å². The van der Waals surface area contributed by atoms with Gasteiger partial charge in [-0.1, -0.05) is 18.2 Å². The molecule has 6 heteroatoms. The molecule has 0 saturated carbocycles. The fourth-order valence-electron chi connectivity index (χ4n) is 3.35. The monoisotopic (exact) mass is 379 g/mol. The number of benzene rings is 1. The number of carbonyl (C=O) groups is 1. The van der Waals surface area contributed by atoms with E-state index in [1.165, 1.54) is 0 Å². The maximum atomic E-state index is 12.2. The van der Waals surface area contributed by atoms with Crippen molar-refractivity contribution in [1.29, 1.82) is 0 Å². The van der Waals surface area contributed by atoms with Gasteiger partial charge in [-0.15, -0.1) is 11.3 Å². The van der Waals surface area contributed by atoms with Crippen LogP contribution in [0, 0.1) is 13.8 Å². The molecule has 1 amide bonds. The summed E-state index contributed by atoms with van der Waals surface area (Å²) in [5.41, 5.74) is 5.05. The fourth-order valence-corrected chi connectivity index (χ4v) is 3.96. The van der Waals surface area contributed by atoms with Gasteiger partial charge in [0.05, 0.1) is 29.4 Å². The molecule has 1 aliphatic heterocycles. The van der Waals surface area contributed by atoms with Crippen LogP contribution in [0.4, 0.5) is 0 Å². The van der Waals surface area contributed by atoms with E-state index >= 15 is 0 Å². The predicted molar refractivity (Wildman–Crippen MR) is 106 cm³/mol. The molecule has 0 fully saturated rings. The summed E-state index contributed by atoms with van der Waals surface area (Å²) in [5.74, 6) is 0.856. The van der Waals surface area contributed by atoms with Gasteiger partial charge >= 0.3 is 0 Å². The van der Waals surface area contributed by atoms with Crippen LogP contribution in [0.3, 0.4) is 0 Å². The van der Waals surface area contributed by atoms with E-state index in [0.717, 1.165) is 45.3 Å². The molecule has 1 atom stereocenters. The van der Waals surface area contributed by atoms with Crippen molar-refractivity contribution in [3.05, 3.63) is 63.7 Å². The number of aromatic nitrogens is 2. The molecule has 0 saturated heterocycles. The molecule has 5 nitrogen and oxygen atoms in total. The average molecular weight is 379 g/mol. The molecule has 0 spiro atoms. The van der Waals surface area contributed by atoms with Crippen LogP contribution in [0.5, 0.6) is 5.75 Å². The van der Waals surface area contributed by atoms with E-state index in [-0.39, 0.29) is 12.0 Å². The highest BCUT2D eigenvalue weighted by molar-refractivity contribution is 7.09. The van der Waals surface area contributed by atoms with Crippen molar-refractivity contribution in [2.24, 2.45) is 0 Å². The number of hydrogen-bond donors (Lipinski definition) is 1. The van der Waals surface area contributed by atoms with Gasteiger partial charge in [-0.05, 0) is 37.1 Å². The van der Waals surface area contributed by atoms with Gasteiger partial charge < -0.3 is 10.1 Å². The quantitative estimate of drug-likeness (QED) is 0.737. The molecule has 0 radical (unpaired) electrons. The van der Waals surface area contributed by atoms with Crippen molar-refractivity contribution in [3.8, 4) is 17.0 Å². The summed E-state index contributed by atoms with van der Waals surface area (Å²) < 4.78 is 6.18. The van der Waals surface area contributed by atoms with Crippen LogP contribution in [0.2, 0.25) is 0 Å². The van der Waals surface area contributed by atoms with Crippen molar-refractivity contribution >= 4 is 17.2 Å². The molecular formula is C21H21N3O2S. The highest BCUT2D eigenvalue weighted by Crippen LogP contribution is 2.38. The van der Waals surface area contributed by atoms with Crippen LogP contribution >= 0.6 is 11.3 Å². The van der Waals surface area contributed by atoms with Crippen molar-refractivity contribution in [2.75, 3.05) is 6.54 Å². The highest BCUT2D eigenvalue weighted by Gasteiger charge is 2.26. The van der Waals surface area contributed by atoms with Gasteiger partial charge in [0.2, 0.25) is 5.91 Å². The third-order valence-electron chi connectivity index (χ3n) is 4.63. The zero-order chi connectivity index (χ0) is 18.8. The number of fused-ring (bicyclic) bond motifs is 1. The number of pyridine rings is 1. The number of rotatable bonds is 5. The SMILES string of the molecule is Cc1nc(CC(=O)NCC2Cc3cccc(-c4ncccc4C)c3O2)cs1.